The van der Waals surface area contributed by atoms with Gasteiger partial charge in [-0.2, -0.15) is 0 Å². The van der Waals surface area contributed by atoms with Crippen molar-refractivity contribution in [2.75, 3.05) is 21.3 Å². The monoisotopic (exact) mass is 387 g/mol. The Balaban J connectivity index is 1.76. The zero-order chi connectivity index (χ0) is 20.4. The highest BCUT2D eigenvalue weighted by molar-refractivity contribution is 6.17. The SMILES string of the molecule is COc1cc(C(=O)c2c[nH]c3cc(-c4ccccc4)ccc23)cc(OC)c1OC. The number of H-pyrrole nitrogens is 1. The summed E-state index contributed by atoms with van der Waals surface area (Å²) < 4.78 is 16.1. The first-order valence-corrected chi connectivity index (χ1v) is 9.17. The molecule has 0 aliphatic carbocycles. The van der Waals surface area contributed by atoms with Crippen LogP contribution in [0.1, 0.15) is 15.9 Å². The van der Waals surface area contributed by atoms with Gasteiger partial charge in [0.2, 0.25) is 5.75 Å². The Morgan fingerprint density at radius 2 is 1.48 bits per heavy atom. The minimum Gasteiger partial charge on any atom is -0.493 e. The van der Waals surface area contributed by atoms with E-state index in [0.29, 0.717) is 28.4 Å². The molecule has 0 saturated heterocycles. The molecule has 0 radical (unpaired) electrons. The van der Waals surface area contributed by atoms with Gasteiger partial charge in [0.05, 0.1) is 21.3 Å². The van der Waals surface area contributed by atoms with Crippen LogP contribution in [-0.4, -0.2) is 32.1 Å². The Bertz CT molecular complexity index is 1150. The van der Waals surface area contributed by atoms with Gasteiger partial charge in [0.25, 0.3) is 0 Å². The number of ketones is 1. The van der Waals surface area contributed by atoms with Crippen molar-refractivity contribution >= 4 is 16.7 Å². The van der Waals surface area contributed by atoms with Gasteiger partial charge < -0.3 is 19.2 Å². The molecule has 1 N–H and O–H groups in total. The average molecular weight is 387 g/mol. The third-order valence-electron chi connectivity index (χ3n) is 4.96. The molecular weight excluding hydrogens is 366 g/mol. The van der Waals surface area contributed by atoms with Gasteiger partial charge >= 0.3 is 0 Å². The molecule has 0 aliphatic rings. The summed E-state index contributed by atoms with van der Waals surface area (Å²) in [4.78, 5) is 16.5. The van der Waals surface area contributed by atoms with E-state index < -0.39 is 0 Å². The molecule has 3 aromatic carbocycles. The molecule has 29 heavy (non-hydrogen) atoms. The Kier molecular flexibility index (Phi) is 4.96. The van der Waals surface area contributed by atoms with Crippen LogP contribution < -0.4 is 14.2 Å². The molecule has 1 aromatic heterocycles. The van der Waals surface area contributed by atoms with Gasteiger partial charge in [-0.1, -0.05) is 42.5 Å². The Labute approximate surface area is 168 Å². The summed E-state index contributed by atoms with van der Waals surface area (Å²) in [7, 11) is 4.59. The van der Waals surface area contributed by atoms with E-state index in [-0.39, 0.29) is 5.78 Å². The topological polar surface area (TPSA) is 60.6 Å². The van der Waals surface area contributed by atoms with Crippen LogP contribution in [0, 0.1) is 0 Å². The predicted molar refractivity (Wildman–Crippen MR) is 113 cm³/mol. The van der Waals surface area contributed by atoms with Crippen LogP contribution in [0.4, 0.5) is 0 Å². The van der Waals surface area contributed by atoms with Crippen LogP contribution in [0.3, 0.4) is 0 Å². The van der Waals surface area contributed by atoms with Gasteiger partial charge in [-0.15, -0.1) is 0 Å². The molecule has 5 nitrogen and oxygen atoms in total. The molecule has 0 atom stereocenters. The highest BCUT2D eigenvalue weighted by Crippen LogP contribution is 2.39. The fourth-order valence-electron chi connectivity index (χ4n) is 3.49. The maximum absolute atomic E-state index is 13.2. The highest BCUT2D eigenvalue weighted by Gasteiger charge is 2.20. The van der Waals surface area contributed by atoms with Crippen LogP contribution in [0.15, 0.2) is 66.9 Å². The molecule has 4 aromatic rings. The average Bonchev–Trinajstić information content (AvgIpc) is 3.21. The van der Waals surface area contributed by atoms with Crippen molar-refractivity contribution in [1.82, 2.24) is 4.98 Å². The number of carbonyl (C=O) groups is 1. The van der Waals surface area contributed by atoms with Crippen LogP contribution in [0.25, 0.3) is 22.0 Å². The molecule has 5 heteroatoms. The quantitative estimate of drug-likeness (QED) is 0.468. The summed E-state index contributed by atoms with van der Waals surface area (Å²) in [5.41, 5.74) is 4.18. The zero-order valence-electron chi connectivity index (χ0n) is 16.5. The second-order valence-corrected chi connectivity index (χ2v) is 6.57. The first kappa shape index (κ1) is 18.6. The fourth-order valence-corrected chi connectivity index (χ4v) is 3.49. The predicted octanol–water partition coefficient (Wildman–Crippen LogP) is 5.09. The number of nitrogens with one attached hydrogen (secondary N) is 1. The first-order chi connectivity index (χ1) is 14.2. The summed E-state index contributed by atoms with van der Waals surface area (Å²) in [5, 5.41) is 0.864. The molecule has 0 spiro atoms. The van der Waals surface area contributed by atoms with E-state index in [4.69, 9.17) is 14.2 Å². The van der Waals surface area contributed by atoms with Gasteiger partial charge in [0.15, 0.2) is 17.3 Å². The van der Waals surface area contributed by atoms with Crippen LogP contribution in [-0.2, 0) is 0 Å². The maximum atomic E-state index is 13.2. The highest BCUT2D eigenvalue weighted by atomic mass is 16.5. The number of fused-ring (bicyclic) bond motifs is 1. The minimum absolute atomic E-state index is 0.122. The lowest BCUT2D eigenvalue weighted by atomic mass is 9.99. The molecule has 0 aliphatic heterocycles. The van der Waals surface area contributed by atoms with Crippen molar-refractivity contribution in [3.05, 3.63) is 78.0 Å². The maximum Gasteiger partial charge on any atom is 0.203 e. The largest absolute Gasteiger partial charge is 0.493 e. The van der Waals surface area contributed by atoms with Crippen LogP contribution >= 0.6 is 0 Å². The van der Waals surface area contributed by atoms with E-state index in [1.165, 1.54) is 21.3 Å². The lowest BCUT2D eigenvalue weighted by Gasteiger charge is -2.13. The standard InChI is InChI=1S/C24H21NO4/c1-27-21-12-17(13-22(28-2)24(21)29-3)23(26)19-14-25-20-11-16(9-10-18(19)20)15-7-5-4-6-8-15/h4-14,25H,1-3H3. The van der Waals surface area contributed by atoms with Gasteiger partial charge in [0.1, 0.15) is 0 Å². The first-order valence-electron chi connectivity index (χ1n) is 9.17. The lowest BCUT2D eigenvalue weighted by molar-refractivity contribution is 0.103. The second kappa shape index (κ2) is 7.72. The normalized spacial score (nSPS) is 10.7. The fraction of sp³-hybridized carbons (Fsp3) is 0.125. The van der Waals surface area contributed by atoms with E-state index in [2.05, 4.69) is 23.2 Å². The van der Waals surface area contributed by atoms with Crippen molar-refractivity contribution in [3.8, 4) is 28.4 Å². The zero-order valence-corrected chi connectivity index (χ0v) is 16.5. The summed E-state index contributed by atoms with van der Waals surface area (Å²) in [6.07, 6.45) is 1.74. The number of aromatic nitrogens is 1. The minimum atomic E-state index is -0.122. The van der Waals surface area contributed by atoms with Crippen molar-refractivity contribution in [2.45, 2.75) is 0 Å². The molecule has 4 rings (SSSR count). The molecular formula is C24H21NO4. The molecule has 146 valence electrons. The molecule has 0 unspecified atom stereocenters. The Morgan fingerprint density at radius 1 is 0.793 bits per heavy atom. The molecule has 0 bridgehead atoms. The van der Waals surface area contributed by atoms with E-state index in [9.17, 15) is 4.79 Å². The van der Waals surface area contributed by atoms with Crippen molar-refractivity contribution < 1.29 is 19.0 Å². The van der Waals surface area contributed by atoms with Crippen molar-refractivity contribution in [1.29, 1.82) is 0 Å². The number of hydrogen-bond acceptors (Lipinski definition) is 4. The number of benzene rings is 3. The van der Waals surface area contributed by atoms with Crippen molar-refractivity contribution in [2.24, 2.45) is 0 Å². The van der Waals surface area contributed by atoms with Crippen LogP contribution in [0.2, 0.25) is 0 Å². The molecule has 0 amide bonds. The Hall–Kier alpha value is -3.73. The van der Waals surface area contributed by atoms with E-state index in [1.807, 2.05) is 30.3 Å². The third-order valence-corrected chi connectivity index (χ3v) is 4.96. The smallest absolute Gasteiger partial charge is 0.203 e. The third kappa shape index (κ3) is 3.31. The van der Waals surface area contributed by atoms with Gasteiger partial charge in [0, 0.05) is 28.2 Å². The number of carbonyl (C=O) groups excluding carboxylic acids is 1. The number of ether oxygens (including phenoxy) is 3. The van der Waals surface area contributed by atoms with E-state index in [1.54, 1.807) is 18.3 Å². The summed E-state index contributed by atoms with van der Waals surface area (Å²) in [6, 6.07) is 19.5. The van der Waals surface area contributed by atoms with Gasteiger partial charge in [-0.05, 0) is 29.3 Å². The van der Waals surface area contributed by atoms with Crippen LogP contribution in [0.5, 0.6) is 17.2 Å². The summed E-state index contributed by atoms with van der Waals surface area (Å²) >= 11 is 0. The number of aromatic amines is 1. The number of hydrogen-bond donors (Lipinski definition) is 1. The lowest BCUT2D eigenvalue weighted by Crippen LogP contribution is -2.03. The van der Waals surface area contributed by atoms with Crippen molar-refractivity contribution in [3.63, 3.8) is 0 Å². The second-order valence-electron chi connectivity index (χ2n) is 6.57. The molecule has 0 saturated carbocycles. The van der Waals surface area contributed by atoms with Gasteiger partial charge in [-0.25, -0.2) is 0 Å². The number of methoxy groups -OCH3 is 3. The summed E-state index contributed by atoms with van der Waals surface area (Å²) in [5.74, 6) is 1.23. The van der Waals surface area contributed by atoms with Gasteiger partial charge in [-0.3, -0.25) is 4.79 Å². The molecule has 0 fully saturated rings. The molecule has 1 heterocycles. The number of rotatable bonds is 6. The van der Waals surface area contributed by atoms with E-state index >= 15 is 0 Å². The summed E-state index contributed by atoms with van der Waals surface area (Å²) in [6.45, 7) is 0. The van der Waals surface area contributed by atoms with E-state index in [0.717, 1.165) is 22.0 Å². The Morgan fingerprint density at radius 3 is 2.10 bits per heavy atom.